The Morgan fingerprint density at radius 1 is 1.33 bits per heavy atom. The van der Waals surface area contributed by atoms with Gasteiger partial charge >= 0.3 is 0 Å². The number of fused-ring (bicyclic) bond motifs is 1. The second-order valence-corrected chi connectivity index (χ2v) is 2.79. The first-order chi connectivity index (χ1) is 5.79. The molecule has 0 unspecified atom stereocenters. The molecule has 1 heterocycles. The van der Waals surface area contributed by atoms with Crippen molar-refractivity contribution in [2.24, 2.45) is 0 Å². The average molecular weight is 178 g/mol. The molecule has 2 nitrogen and oxygen atoms in total. The topological polar surface area (TPSA) is 36.9 Å². The molecule has 0 aliphatic carbocycles. The second-order valence-electron chi connectivity index (χ2n) is 2.41. The summed E-state index contributed by atoms with van der Waals surface area (Å²) >= 11 is 5.63. The van der Waals surface area contributed by atoms with E-state index >= 15 is 0 Å². The molecule has 0 amide bonds. The fourth-order valence-corrected chi connectivity index (χ4v) is 1.28. The van der Waals surface area contributed by atoms with Gasteiger partial charge in [0.15, 0.2) is 5.22 Å². The molecule has 0 saturated carbocycles. The van der Waals surface area contributed by atoms with E-state index in [0.717, 1.165) is 5.39 Å². The van der Waals surface area contributed by atoms with Crippen molar-refractivity contribution >= 4 is 22.6 Å². The van der Waals surface area contributed by atoms with Gasteiger partial charge in [-0.05, 0) is 29.8 Å². The van der Waals surface area contributed by atoms with Crippen LogP contribution in [-0.4, -0.2) is 0 Å². The van der Waals surface area contributed by atoms with Gasteiger partial charge in [-0.15, -0.1) is 0 Å². The molecule has 0 radical (unpaired) electrons. The molecule has 0 atom stereocenters. The van der Waals surface area contributed by atoms with Gasteiger partial charge in [0.1, 0.15) is 5.58 Å². The molecule has 1 aromatic heterocycles. The summed E-state index contributed by atoms with van der Waals surface area (Å²) < 4.78 is 5.12. The monoisotopic (exact) mass is 177 g/mol. The number of hydrogen-bond acceptors (Lipinski definition) is 2. The van der Waals surface area contributed by atoms with E-state index in [4.69, 9.17) is 21.3 Å². The van der Waals surface area contributed by atoms with Gasteiger partial charge < -0.3 is 4.42 Å². The Balaban J connectivity index is 2.77. The third kappa shape index (κ3) is 1.05. The van der Waals surface area contributed by atoms with Crippen LogP contribution in [0.3, 0.4) is 0 Å². The molecule has 0 bridgehead atoms. The molecule has 0 spiro atoms. The van der Waals surface area contributed by atoms with Gasteiger partial charge in [0.2, 0.25) is 0 Å². The summed E-state index contributed by atoms with van der Waals surface area (Å²) in [6.45, 7) is 0. The van der Waals surface area contributed by atoms with Crippen LogP contribution in [0.2, 0.25) is 5.22 Å². The predicted octanol–water partition coefficient (Wildman–Crippen LogP) is 2.96. The van der Waals surface area contributed by atoms with Crippen LogP contribution in [-0.2, 0) is 0 Å². The Morgan fingerprint density at radius 3 is 2.92 bits per heavy atom. The highest BCUT2D eigenvalue weighted by Gasteiger charge is 2.01. The van der Waals surface area contributed by atoms with Crippen molar-refractivity contribution in [2.75, 3.05) is 0 Å². The van der Waals surface area contributed by atoms with E-state index in [1.807, 2.05) is 6.07 Å². The van der Waals surface area contributed by atoms with Gasteiger partial charge in [-0.1, -0.05) is 0 Å². The Bertz CT molecular complexity index is 467. The zero-order valence-corrected chi connectivity index (χ0v) is 6.80. The van der Waals surface area contributed by atoms with E-state index in [1.165, 1.54) is 0 Å². The van der Waals surface area contributed by atoms with Gasteiger partial charge in [0.05, 0.1) is 11.6 Å². The van der Waals surface area contributed by atoms with Crippen LogP contribution >= 0.6 is 11.6 Å². The van der Waals surface area contributed by atoms with Gasteiger partial charge in [0, 0.05) is 11.5 Å². The van der Waals surface area contributed by atoms with E-state index in [-0.39, 0.29) is 0 Å². The predicted molar refractivity (Wildman–Crippen MR) is 45.9 cm³/mol. The van der Waals surface area contributed by atoms with Crippen molar-refractivity contribution in [3.8, 4) is 6.07 Å². The second kappa shape index (κ2) is 2.54. The first kappa shape index (κ1) is 7.20. The number of nitrogens with zero attached hydrogens (tertiary/aromatic N) is 1. The SMILES string of the molecule is N#Cc1ccc2oc(Cl)cc2c1. The number of hydrogen-bond donors (Lipinski definition) is 0. The molecule has 12 heavy (non-hydrogen) atoms. The quantitative estimate of drug-likeness (QED) is 0.620. The molecule has 2 rings (SSSR count). The first-order valence-electron chi connectivity index (χ1n) is 3.39. The third-order valence-corrected chi connectivity index (χ3v) is 1.80. The lowest BCUT2D eigenvalue weighted by Crippen LogP contribution is -1.70. The normalized spacial score (nSPS) is 10.0. The number of furan rings is 1. The summed E-state index contributed by atoms with van der Waals surface area (Å²) in [6, 6.07) is 8.91. The standard InChI is InChI=1S/C9H4ClNO/c10-9-4-7-3-6(5-11)1-2-8(7)12-9/h1-4H. The highest BCUT2D eigenvalue weighted by molar-refractivity contribution is 6.29. The number of rotatable bonds is 0. The van der Waals surface area contributed by atoms with E-state index in [1.54, 1.807) is 24.3 Å². The first-order valence-corrected chi connectivity index (χ1v) is 3.76. The Hall–Kier alpha value is -1.46. The minimum atomic E-state index is 0.347. The van der Waals surface area contributed by atoms with Crippen LogP contribution in [0.5, 0.6) is 0 Å². The van der Waals surface area contributed by atoms with Crippen molar-refractivity contribution < 1.29 is 4.42 Å². The summed E-state index contributed by atoms with van der Waals surface area (Å²) in [5.74, 6) is 0. The lowest BCUT2D eigenvalue weighted by atomic mass is 10.2. The van der Waals surface area contributed by atoms with Crippen molar-refractivity contribution in [1.82, 2.24) is 0 Å². The maximum Gasteiger partial charge on any atom is 0.194 e. The molecule has 1 aromatic carbocycles. The minimum absolute atomic E-state index is 0.347. The maximum absolute atomic E-state index is 8.59. The zero-order valence-electron chi connectivity index (χ0n) is 6.04. The highest BCUT2D eigenvalue weighted by atomic mass is 35.5. The summed E-state index contributed by atoms with van der Waals surface area (Å²) in [5.41, 5.74) is 1.32. The Kier molecular flexibility index (Phi) is 1.53. The maximum atomic E-state index is 8.59. The lowest BCUT2D eigenvalue weighted by Gasteiger charge is -1.86. The molecular weight excluding hydrogens is 174 g/mol. The van der Waals surface area contributed by atoms with E-state index < -0.39 is 0 Å². The van der Waals surface area contributed by atoms with Crippen molar-refractivity contribution in [2.45, 2.75) is 0 Å². The third-order valence-electron chi connectivity index (χ3n) is 1.62. The molecule has 0 aliphatic rings. The van der Waals surface area contributed by atoms with Gasteiger partial charge in [-0.25, -0.2) is 0 Å². The Labute approximate surface area is 74.0 Å². The van der Waals surface area contributed by atoms with Crippen LogP contribution in [0, 0.1) is 11.3 Å². The average Bonchev–Trinajstić information content (AvgIpc) is 2.43. The summed E-state index contributed by atoms with van der Waals surface area (Å²) in [7, 11) is 0. The smallest absolute Gasteiger partial charge is 0.194 e. The highest BCUT2D eigenvalue weighted by Crippen LogP contribution is 2.23. The lowest BCUT2D eigenvalue weighted by molar-refractivity contribution is 0.618. The van der Waals surface area contributed by atoms with Crippen molar-refractivity contribution in [1.29, 1.82) is 5.26 Å². The summed E-state index contributed by atoms with van der Waals surface area (Å²) in [4.78, 5) is 0. The van der Waals surface area contributed by atoms with Gasteiger partial charge in [-0.2, -0.15) is 5.26 Å². The molecule has 0 N–H and O–H groups in total. The molecule has 2 aromatic rings. The van der Waals surface area contributed by atoms with E-state index in [2.05, 4.69) is 0 Å². The molecule has 0 aliphatic heterocycles. The molecule has 0 saturated heterocycles. The Morgan fingerprint density at radius 2 is 2.17 bits per heavy atom. The van der Waals surface area contributed by atoms with Gasteiger partial charge in [-0.3, -0.25) is 0 Å². The van der Waals surface area contributed by atoms with Crippen LogP contribution in [0.1, 0.15) is 5.56 Å². The largest absolute Gasteiger partial charge is 0.445 e. The molecule has 3 heteroatoms. The number of nitriles is 1. The molecular formula is C9H4ClNO. The van der Waals surface area contributed by atoms with Crippen molar-refractivity contribution in [3.63, 3.8) is 0 Å². The molecule has 0 fully saturated rings. The zero-order chi connectivity index (χ0) is 8.55. The van der Waals surface area contributed by atoms with Crippen LogP contribution < -0.4 is 0 Å². The summed E-state index contributed by atoms with van der Waals surface area (Å²) in [5, 5.41) is 9.80. The van der Waals surface area contributed by atoms with Crippen LogP contribution in [0.4, 0.5) is 0 Å². The van der Waals surface area contributed by atoms with E-state index in [0.29, 0.717) is 16.4 Å². The fourth-order valence-electron chi connectivity index (χ4n) is 1.08. The van der Waals surface area contributed by atoms with E-state index in [9.17, 15) is 0 Å². The van der Waals surface area contributed by atoms with Gasteiger partial charge in [0.25, 0.3) is 0 Å². The van der Waals surface area contributed by atoms with Crippen LogP contribution in [0.25, 0.3) is 11.0 Å². The fraction of sp³-hybridized carbons (Fsp3) is 0. The van der Waals surface area contributed by atoms with Crippen molar-refractivity contribution in [3.05, 3.63) is 35.0 Å². The number of benzene rings is 1. The molecule has 58 valence electrons. The number of halogens is 1. The van der Waals surface area contributed by atoms with Crippen LogP contribution in [0.15, 0.2) is 28.7 Å². The minimum Gasteiger partial charge on any atom is -0.445 e. The summed E-state index contributed by atoms with van der Waals surface area (Å²) in [6.07, 6.45) is 0.